The van der Waals surface area contributed by atoms with E-state index < -0.39 is 0 Å². The number of likely N-dealkylation sites (tertiary alicyclic amines) is 1. The van der Waals surface area contributed by atoms with Gasteiger partial charge in [-0.1, -0.05) is 5.16 Å². The number of aryl methyl sites for hydroxylation is 2. The molecule has 3 heterocycles. The van der Waals surface area contributed by atoms with Gasteiger partial charge in [0.25, 0.3) is 5.91 Å². The fraction of sp³-hybridized carbons (Fsp3) is 0.346. The number of carbonyl (C=O) groups excluding carboxylic acids is 1. The summed E-state index contributed by atoms with van der Waals surface area (Å²) in [4.78, 5) is 19.4. The number of hydrogen-bond donors (Lipinski definition) is 0. The lowest BCUT2D eigenvalue weighted by Crippen LogP contribution is -2.39. The molecule has 4 aromatic rings. The van der Waals surface area contributed by atoms with Crippen LogP contribution in [0.4, 0.5) is 0 Å². The minimum absolute atomic E-state index is 0.0730. The number of nitrogens with zero attached hydrogens (tertiary/aromatic N) is 4. The molecule has 1 aliphatic rings. The van der Waals surface area contributed by atoms with Crippen LogP contribution in [0.15, 0.2) is 53.3 Å². The maximum absolute atomic E-state index is 13.0. The number of imidazole rings is 1. The number of benzene rings is 2. The molecule has 5 rings (SSSR count). The van der Waals surface area contributed by atoms with E-state index in [9.17, 15) is 4.79 Å². The van der Waals surface area contributed by atoms with Gasteiger partial charge in [-0.25, -0.2) is 4.98 Å². The summed E-state index contributed by atoms with van der Waals surface area (Å²) in [5.74, 6) is 1.79. The van der Waals surface area contributed by atoms with Crippen LogP contribution in [0.5, 0.6) is 5.75 Å². The van der Waals surface area contributed by atoms with E-state index in [0.29, 0.717) is 17.4 Å². The number of carbonyl (C=O) groups is 1. The highest BCUT2D eigenvalue weighted by Crippen LogP contribution is 2.26. The molecule has 1 fully saturated rings. The van der Waals surface area contributed by atoms with Crippen LogP contribution in [-0.2, 0) is 6.54 Å². The van der Waals surface area contributed by atoms with Crippen molar-refractivity contribution in [3.05, 3.63) is 65.6 Å². The van der Waals surface area contributed by atoms with Crippen molar-refractivity contribution in [2.45, 2.75) is 33.2 Å². The fourth-order valence-electron chi connectivity index (χ4n) is 4.48. The first-order valence-electron chi connectivity index (χ1n) is 11.3. The third-order valence-corrected chi connectivity index (χ3v) is 6.70. The summed E-state index contributed by atoms with van der Waals surface area (Å²) in [5.41, 5.74) is 5.99. The Kier molecular flexibility index (Phi) is 5.62. The number of rotatable bonds is 5. The van der Waals surface area contributed by atoms with E-state index in [1.165, 1.54) is 16.6 Å². The number of fused-ring (bicyclic) bond motifs is 1. The van der Waals surface area contributed by atoms with Crippen molar-refractivity contribution >= 4 is 16.9 Å². The van der Waals surface area contributed by atoms with E-state index in [-0.39, 0.29) is 5.91 Å². The number of methoxy groups -OCH3 is 1. The predicted molar refractivity (Wildman–Crippen MR) is 126 cm³/mol. The molecule has 7 nitrogen and oxygen atoms in total. The van der Waals surface area contributed by atoms with Crippen molar-refractivity contribution in [1.29, 1.82) is 0 Å². The number of piperidine rings is 1. The Bertz CT molecular complexity index is 1280. The Morgan fingerprint density at radius 3 is 2.55 bits per heavy atom. The summed E-state index contributed by atoms with van der Waals surface area (Å²) < 4.78 is 12.9. The molecule has 33 heavy (non-hydrogen) atoms. The average molecular weight is 445 g/mol. The topological polar surface area (TPSA) is 73.4 Å². The zero-order valence-corrected chi connectivity index (χ0v) is 19.2. The quantitative estimate of drug-likeness (QED) is 0.439. The van der Waals surface area contributed by atoms with Gasteiger partial charge in [0.1, 0.15) is 5.75 Å². The minimum Gasteiger partial charge on any atom is -0.497 e. The Labute approximate surface area is 193 Å². The largest absolute Gasteiger partial charge is 0.497 e. The zero-order valence-electron chi connectivity index (χ0n) is 19.2. The van der Waals surface area contributed by atoms with Crippen molar-refractivity contribution in [2.75, 3.05) is 20.2 Å². The molecule has 170 valence electrons. The molecule has 0 unspecified atom stereocenters. The van der Waals surface area contributed by atoms with Gasteiger partial charge in [0.05, 0.1) is 24.5 Å². The van der Waals surface area contributed by atoms with Crippen molar-refractivity contribution in [2.24, 2.45) is 5.92 Å². The first-order chi connectivity index (χ1) is 16.0. The first kappa shape index (κ1) is 21.2. The predicted octanol–water partition coefficient (Wildman–Crippen LogP) is 4.87. The zero-order chi connectivity index (χ0) is 22.9. The van der Waals surface area contributed by atoms with Gasteiger partial charge in [0.15, 0.2) is 11.5 Å². The summed E-state index contributed by atoms with van der Waals surface area (Å²) in [6.45, 7) is 6.63. The van der Waals surface area contributed by atoms with Gasteiger partial charge in [0.2, 0.25) is 0 Å². The lowest BCUT2D eigenvalue weighted by molar-refractivity contribution is 0.0673. The van der Waals surface area contributed by atoms with Crippen LogP contribution in [0.2, 0.25) is 0 Å². The summed E-state index contributed by atoms with van der Waals surface area (Å²) in [5, 5.41) is 4.03. The fourth-order valence-corrected chi connectivity index (χ4v) is 4.48. The number of amides is 1. The maximum atomic E-state index is 13.0. The molecule has 0 atom stereocenters. The second kappa shape index (κ2) is 8.73. The highest BCUT2D eigenvalue weighted by atomic mass is 16.5. The van der Waals surface area contributed by atoms with Gasteiger partial charge in [-0.3, -0.25) is 4.79 Å². The average Bonchev–Trinajstić information content (AvgIpc) is 3.48. The molecule has 0 radical (unpaired) electrons. The van der Waals surface area contributed by atoms with Gasteiger partial charge in [-0.2, -0.15) is 0 Å². The van der Waals surface area contributed by atoms with Crippen molar-refractivity contribution in [3.63, 3.8) is 0 Å². The summed E-state index contributed by atoms with van der Waals surface area (Å²) in [6.07, 6.45) is 3.86. The Hall–Kier alpha value is -3.61. The standard InChI is InChI=1S/C26H28N4O3/c1-17-12-22-24(13-18(17)2)30(16-27-22)15-19-8-10-29(11-9-19)26(31)23-14-25(33-28-23)20-4-6-21(32-3)7-5-20/h4-7,12-14,16,19H,8-11,15H2,1-3H3. The molecule has 0 saturated carbocycles. The second-order valence-corrected chi connectivity index (χ2v) is 8.86. The molecule has 0 bridgehead atoms. The lowest BCUT2D eigenvalue weighted by atomic mass is 9.96. The van der Waals surface area contributed by atoms with Crippen LogP contribution in [0, 0.1) is 19.8 Å². The SMILES string of the molecule is COc1ccc(-c2cc(C(=O)N3CCC(Cn4cnc5cc(C)c(C)cc54)CC3)no2)cc1. The summed E-state index contributed by atoms with van der Waals surface area (Å²) >= 11 is 0. The highest BCUT2D eigenvalue weighted by molar-refractivity contribution is 5.93. The number of hydrogen-bond acceptors (Lipinski definition) is 5. The van der Waals surface area contributed by atoms with Crippen LogP contribution >= 0.6 is 0 Å². The molecular formula is C26H28N4O3. The van der Waals surface area contributed by atoms with Gasteiger partial charge in [-0.15, -0.1) is 0 Å². The first-order valence-corrected chi connectivity index (χ1v) is 11.3. The molecule has 1 saturated heterocycles. The van der Waals surface area contributed by atoms with E-state index in [1.54, 1.807) is 13.2 Å². The van der Waals surface area contributed by atoms with Crippen LogP contribution in [0.25, 0.3) is 22.4 Å². The van der Waals surface area contributed by atoms with Gasteiger partial charge in [0, 0.05) is 31.3 Å². The van der Waals surface area contributed by atoms with Crippen molar-refractivity contribution < 1.29 is 14.1 Å². The third-order valence-electron chi connectivity index (χ3n) is 6.70. The smallest absolute Gasteiger partial charge is 0.276 e. The lowest BCUT2D eigenvalue weighted by Gasteiger charge is -2.31. The minimum atomic E-state index is -0.0730. The maximum Gasteiger partial charge on any atom is 0.276 e. The molecule has 2 aromatic carbocycles. The monoisotopic (exact) mass is 444 g/mol. The van der Waals surface area contributed by atoms with E-state index in [4.69, 9.17) is 9.26 Å². The molecule has 1 amide bonds. The van der Waals surface area contributed by atoms with Crippen molar-refractivity contribution in [3.8, 4) is 17.1 Å². The van der Waals surface area contributed by atoms with Crippen LogP contribution < -0.4 is 4.74 Å². The van der Waals surface area contributed by atoms with Gasteiger partial charge >= 0.3 is 0 Å². The Balaban J connectivity index is 1.21. The third kappa shape index (κ3) is 4.23. The van der Waals surface area contributed by atoms with Gasteiger partial charge in [-0.05, 0) is 80.1 Å². The Morgan fingerprint density at radius 2 is 1.82 bits per heavy atom. The molecule has 0 spiro atoms. The Morgan fingerprint density at radius 1 is 1.09 bits per heavy atom. The van der Waals surface area contributed by atoms with Crippen LogP contribution in [0.1, 0.15) is 34.5 Å². The molecule has 7 heteroatoms. The summed E-state index contributed by atoms with van der Waals surface area (Å²) in [7, 11) is 1.63. The highest BCUT2D eigenvalue weighted by Gasteiger charge is 2.26. The van der Waals surface area contributed by atoms with E-state index >= 15 is 0 Å². The van der Waals surface area contributed by atoms with Crippen molar-refractivity contribution in [1.82, 2.24) is 19.6 Å². The molecule has 0 aliphatic carbocycles. The van der Waals surface area contributed by atoms with E-state index in [2.05, 4.69) is 40.7 Å². The van der Waals surface area contributed by atoms with Crippen LogP contribution in [0.3, 0.4) is 0 Å². The molecule has 0 N–H and O–H groups in total. The molecule has 1 aliphatic heterocycles. The number of aromatic nitrogens is 3. The normalized spacial score (nSPS) is 14.7. The number of ether oxygens (including phenoxy) is 1. The van der Waals surface area contributed by atoms with E-state index in [1.807, 2.05) is 35.5 Å². The molecule has 2 aromatic heterocycles. The van der Waals surface area contributed by atoms with E-state index in [0.717, 1.165) is 49.3 Å². The molecular weight excluding hydrogens is 416 g/mol. The second-order valence-electron chi connectivity index (χ2n) is 8.86. The summed E-state index contributed by atoms with van der Waals surface area (Å²) in [6, 6.07) is 13.6. The van der Waals surface area contributed by atoms with Crippen LogP contribution in [-0.4, -0.2) is 45.7 Å². The van der Waals surface area contributed by atoms with Gasteiger partial charge < -0.3 is 18.7 Å².